The van der Waals surface area contributed by atoms with Gasteiger partial charge in [0.15, 0.2) is 0 Å². The Hall–Kier alpha value is -1.24. The van der Waals surface area contributed by atoms with Crippen LogP contribution in [0.3, 0.4) is 0 Å². The Balaban J connectivity index is 2.94. The van der Waals surface area contributed by atoms with Crippen molar-refractivity contribution in [3.63, 3.8) is 0 Å². The van der Waals surface area contributed by atoms with Crippen LogP contribution in [-0.2, 0) is 0 Å². The van der Waals surface area contributed by atoms with Crippen LogP contribution in [0.4, 0.5) is 11.9 Å². The number of ether oxygens (including phenoxy) is 1. The van der Waals surface area contributed by atoms with Crippen LogP contribution in [0.2, 0.25) is 0 Å². The maximum Gasteiger partial charge on any atom is 0.323 e. The van der Waals surface area contributed by atoms with Gasteiger partial charge in [0.1, 0.15) is 0 Å². The molecular weight excluding hydrogens is 274 g/mol. The SMILES string of the molecule is CCCNc1nc(OCC)nc(N(C)C(C)CSC)n1. The molecule has 114 valence electrons. The maximum atomic E-state index is 5.42. The van der Waals surface area contributed by atoms with Gasteiger partial charge in [0.05, 0.1) is 6.61 Å². The van der Waals surface area contributed by atoms with Gasteiger partial charge in [0, 0.05) is 25.4 Å². The average Bonchev–Trinajstić information content (AvgIpc) is 2.44. The van der Waals surface area contributed by atoms with Crippen LogP contribution in [0.5, 0.6) is 6.01 Å². The number of rotatable bonds is 9. The smallest absolute Gasteiger partial charge is 0.323 e. The van der Waals surface area contributed by atoms with Crippen LogP contribution in [-0.4, -0.2) is 53.2 Å². The minimum Gasteiger partial charge on any atom is -0.464 e. The van der Waals surface area contributed by atoms with E-state index < -0.39 is 0 Å². The normalized spacial score (nSPS) is 12.1. The average molecular weight is 299 g/mol. The molecule has 0 aromatic carbocycles. The summed E-state index contributed by atoms with van der Waals surface area (Å²) in [6.45, 7) is 7.55. The van der Waals surface area contributed by atoms with Crippen molar-refractivity contribution in [3.05, 3.63) is 0 Å². The lowest BCUT2D eigenvalue weighted by Gasteiger charge is -2.24. The van der Waals surface area contributed by atoms with E-state index in [1.165, 1.54) is 0 Å². The molecular formula is C13H25N5OS. The second kappa shape index (κ2) is 8.84. The summed E-state index contributed by atoms with van der Waals surface area (Å²) < 4.78 is 5.42. The van der Waals surface area contributed by atoms with Crippen molar-refractivity contribution in [2.45, 2.75) is 33.2 Å². The summed E-state index contributed by atoms with van der Waals surface area (Å²) in [5, 5.41) is 3.19. The third-order valence-electron chi connectivity index (χ3n) is 2.79. The Bertz CT molecular complexity index is 404. The minimum atomic E-state index is 0.348. The molecule has 0 spiro atoms. The van der Waals surface area contributed by atoms with Gasteiger partial charge in [-0.25, -0.2) is 0 Å². The molecule has 0 aliphatic rings. The van der Waals surface area contributed by atoms with Crippen LogP contribution >= 0.6 is 11.8 Å². The Morgan fingerprint density at radius 1 is 1.30 bits per heavy atom. The van der Waals surface area contributed by atoms with Crippen LogP contribution in [0, 0.1) is 0 Å². The quantitative estimate of drug-likeness (QED) is 0.750. The highest BCUT2D eigenvalue weighted by Crippen LogP contribution is 2.17. The zero-order valence-electron chi connectivity index (χ0n) is 13.0. The molecule has 0 bridgehead atoms. The Morgan fingerprint density at radius 3 is 2.65 bits per heavy atom. The van der Waals surface area contributed by atoms with Crippen LogP contribution < -0.4 is 15.0 Å². The standard InChI is InChI=1S/C13H25N5OS/c1-6-8-14-11-15-12(17-13(16-11)19-7-2)18(4)10(3)9-20-5/h10H,6-9H2,1-5H3,(H,14,15,16,17). The van der Waals surface area contributed by atoms with Gasteiger partial charge in [-0.1, -0.05) is 6.92 Å². The Kier molecular flexibility index (Phi) is 7.43. The number of aromatic nitrogens is 3. The molecule has 0 amide bonds. The van der Waals surface area contributed by atoms with Gasteiger partial charge in [-0.3, -0.25) is 0 Å². The van der Waals surface area contributed by atoms with Crippen molar-refractivity contribution in [2.24, 2.45) is 0 Å². The van der Waals surface area contributed by atoms with Gasteiger partial charge in [-0.05, 0) is 26.5 Å². The molecule has 7 heteroatoms. The molecule has 1 unspecified atom stereocenters. The number of nitrogens with one attached hydrogen (secondary N) is 1. The first-order valence-corrected chi connectivity index (χ1v) is 8.36. The van der Waals surface area contributed by atoms with E-state index in [0.29, 0.717) is 30.6 Å². The zero-order valence-corrected chi connectivity index (χ0v) is 13.8. The highest BCUT2D eigenvalue weighted by Gasteiger charge is 2.15. The summed E-state index contributed by atoms with van der Waals surface area (Å²) in [6.07, 6.45) is 3.11. The molecule has 0 radical (unpaired) electrons. The fourth-order valence-electron chi connectivity index (χ4n) is 1.56. The number of anilines is 2. The molecule has 1 heterocycles. The summed E-state index contributed by atoms with van der Waals surface area (Å²) in [4.78, 5) is 15.1. The lowest BCUT2D eigenvalue weighted by molar-refractivity contribution is 0.312. The highest BCUT2D eigenvalue weighted by molar-refractivity contribution is 7.98. The molecule has 6 nitrogen and oxygen atoms in total. The molecule has 0 aliphatic carbocycles. The van der Waals surface area contributed by atoms with Crippen molar-refractivity contribution < 1.29 is 4.74 Å². The number of hydrogen-bond acceptors (Lipinski definition) is 7. The number of nitrogens with zero attached hydrogens (tertiary/aromatic N) is 4. The van der Waals surface area contributed by atoms with Crippen molar-refractivity contribution in [1.82, 2.24) is 15.0 Å². The maximum absolute atomic E-state index is 5.42. The third kappa shape index (κ3) is 5.03. The first-order valence-electron chi connectivity index (χ1n) is 6.96. The van der Waals surface area contributed by atoms with Crippen molar-refractivity contribution in [2.75, 3.05) is 42.4 Å². The fourth-order valence-corrected chi connectivity index (χ4v) is 2.27. The molecule has 1 aromatic rings. The van der Waals surface area contributed by atoms with E-state index in [-0.39, 0.29) is 0 Å². The van der Waals surface area contributed by atoms with E-state index in [1.54, 1.807) is 11.8 Å². The summed E-state index contributed by atoms with van der Waals surface area (Å²) in [5.41, 5.74) is 0. The van der Waals surface area contributed by atoms with Gasteiger partial charge < -0.3 is 15.0 Å². The van der Waals surface area contributed by atoms with E-state index in [2.05, 4.69) is 45.3 Å². The lowest BCUT2D eigenvalue weighted by atomic mass is 10.3. The molecule has 0 saturated carbocycles. The molecule has 0 aliphatic heterocycles. The van der Waals surface area contributed by atoms with E-state index in [4.69, 9.17) is 4.74 Å². The zero-order chi connectivity index (χ0) is 15.0. The molecule has 0 fully saturated rings. The third-order valence-corrected chi connectivity index (χ3v) is 3.61. The van der Waals surface area contributed by atoms with Gasteiger partial charge in [0.2, 0.25) is 11.9 Å². The highest BCUT2D eigenvalue weighted by atomic mass is 32.2. The fraction of sp³-hybridized carbons (Fsp3) is 0.769. The second-order valence-corrected chi connectivity index (χ2v) is 5.43. The molecule has 1 N–H and O–H groups in total. The van der Waals surface area contributed by atoms with Gasteiger partial charge in [0.25, 0.3) is 0 Å². The van der Waals surface area contributed by atoms with Crippen LogP contribution in [0.15, 0.2) is 0 Å². The monoisotopic (exact) mass is 299 g/mol. The first kappa shape index (κ1) is 16.8. The predicted molar refractivity (Wildman–Crippen MR) is 86.0 cm³/mol. The number of thioether (sulfide) groups is 1. The Labute approximate surface area is 125 Å². The van der Waals surface area contributed by atoms with Crippen LogP contribution in [0.1, 0.15) is 27.2 Å². The van der Waals surface area contributed by atoms with Crippen molar-refractivity contribution in [1.29, 1.82) is 0 Å². The topological polar surface area (TPSA) is 63.2 Å². The van der Waals surface area contributed by atoms with Crippen molar-refractivity contribution >= 4 is 23.7 Å². The van der Waals surface area contributed by atoms with Crippen molar-refractivity contribution in [3.8, 4) is 6.01 Å². The molecule has 1 atom stereocenters. The van der Waals surface area contributed by atoms with E-state index in [1.807, 2.05) is 14.0 Å². The van der Waals surface area contributed by atoms with E-state index in [9.17, 15) is 0 Å². The summed E-state index contributed by atoms with van der Waals surface area (Å²) in [6, 6.07) is 0.722. The van der Waals surface area contributed by atoms with Gasteiger partial charge in [-0.15, -0.1) is 0 Å². The molecule has 1 aromatic heterocycles. The minimum absolute atomic E-state index is 0.348. The summed E-state index contributed by atoms with van der Waals surface area (Å²) in [5.74, 6) is 2.23. The lowest BCUT2D eigenvalue weighted by Crippen LogP contribution is -2.32. The Morgan fingerprint density at radius 2 is 2.05 bits per heavy atom. The first-order chi connectivity index (χ1) is 9.62. The predicted octanol–water partition coefficient (Wildman–Crippen LogP) is 2.28. The van der Waals surface area contributed by atoms with Crippen LogP contribution in [0.25, 0.3) is 0 Å². The second-order valence-electron chi connectivity index (χ2n) is 4.52. The molecule has 20 heavy (non-hydrogen) atoms. The van der Waals surface area contributed by atoms with Gasteiger partial charge in [-0.2, -0.15) is 26.7 Å². The summed E-state index contributed by atoms with van der Waals surface area (Å²) >= 11 is 1.81. The van der Waals surface area contributed by atoms with E-state index in [0.717, 1.165) is 18.7 Å². The van der Waals surface area contributed by atoms with E-state index >= 15 is 0 Å². The molecule has 0 saturated heterocycles. The molecule has 1 rings (SSSR count). The van der Waals surface area contributed by atoms with Gasteiger partial charge >= 0.3 is 6.01 Å². The largest absolute Gasteiger partial charge is 0.464 e. The number of hydrogen-bond donors (Lipinski definition) is 1. The summed E-state index contributed by atoms with van der Waals surface area (Å²) in [7, 11) is 2.00.